The van der Waals surface area contributed by atoms with Crippen LogP contribution in [0.25, 0.3) is 0 Å². The molecule has 0 saturated carbocycles. The summed E-state index contributed by atoms with van der Waals surface area (Å²) in [5, 5.41) is 9.72. The maximum Gasteiger partial charge on any atom is 0.231 e. The van der Waals surface area contributed by atoms with Gasteiger partial charge in [0.15, 0.2) is 11.5 Å². The van der Waals surface area contributed by atoms with Gasteiger partial charge >= 0.3 is 0 Å². The van der Waals surface area contributed by atoms with Crippen LogP contribution in [0, 0.1) is 17.1 Å². The van der Waals surface area contributed by atoms with Crippen molar-refractivity contribution in [1.82, 2.24) is 0 Å². The molecule has 0 spiro atoms. The van der Waals surface area contributed by atoms with Gasteiger partial charge in [-0.15, -0.1) is 0 Å². The van der Waals surface area contributed by atoms with Crippen molar-refractivity contribution in [2.75, 3.05) is 6.79 Å². The molecule has 31 heavy (non-hydrogen) atoms. The second-order valence-corrected chi connectivity index (χ2v) is 7.16. The molecule has 0 bridgehead atoms. The summed E-state index contributed by atoms with van der Waals surface area (Å²) in [6.45, 7) is 0.380. The number of rotatable bonds is 4. The number of hydrogen-bond acceptors (Lipinski definition) is 6. The number of allylic oxidation sites excluding steroid dienone is 1. The predicted octanol–water partition coefficient (Wildman–Crippen LogP) is 4.35. The average Bonchev–Trinajstić information content (AvgIpc) is 3.23. The highest BCUT2D eigenvalue weighted by Gasteiger charge is 2.33. The van der Waals surface area contributed by atoms with Gasteiger partial charge in [-0.3, -0.25) is 0 Å². The van der Waals surface area contributed by atoms with Gasteiger partial charge in [0.05, 0.1) is 5.92 Å². The largest absolute Gasteiger partial charge is 0.489 e. The monoisotopic (exact) mass is 416 g/mol. The van der Waals surface area contributed by atoms with E-state index in [1.54, 1.807) is 18.2 Å². The van der Waals surface area contributed by atoms with Crippen LogP contribution in [-0.4, -0.2) is 6.79 Å². The summed E-state index contributed by atoms with van der Waals surface area (Å²) in [6, 6.07) is 19.3. The number of benzene rings is 3. The van der Waals surface area contributed by atoms with Crippen molar-refractivity contribution in [1.29, 1.82) is 5.26 Å². The van der Waals surface area contributed by atoms with Crippen molar-refractivity contribution in [2.45, 2.75) is 12.5 Å². The van der Waals surface area contributed by atoms with Crippen LogP contribution in [0.2, 0.25) is 0 Å². The maximum atomic E-state index is 13.3. The normalized spacial score (nSPS) is 16.3. The molecule has 2 N–H and O–H groups in total. The number of fused-ring (bicyclic) bond motifs is 2. The zero-order valence-electron chi connectivity index (χ0n) is 16.3. The summed E-state index contributed by atoms with van der Waals surface area (Å²) in [4.78, 5) is 0. The van der Waals surface area contributed by atoms with E-state index in [-0.39, 0.29) is 25.1 Å². The minimum absolute atomic E-state index is 0.0605. The zero-order chi connectivity index (χ0) is 21.4. The van der Waals surface area contributed by atoms with E-state index in [4.69, 9.17) is 24.7 Å². The quantitative estimate of drug-likeness (QED) is 0.680. The SMILES string of the molecule is N#CC1=C(N)Oc2cc3c(cc2[C@H]1c1ccc(OCc2cccc(F)c2)cc1)OCO3. The number of nitrogens with zero attached hydrogens (tertiary/aromatic N) is 1. The third kappa shape index (κ3) is 3.49. The standard InChI is InChI=1S/C24H17FN2O4/c25-16-3-1-2-14(8-16)12-28-17-6-4-15(5-7-17)23-18-9-21-22(30-13-29-21)10-20(18)31-24(27)19(23)11-26/h1-10,23H,12-13,27H2/t23-/m1/s1. The summed E-state index contributed by atoms with van der Waals surface area (Å²) in [5.74, 6) is 1.67. The van der Waals surface area contributed by atoms with Gasteiger partial charge in [-0.25, -0.2) is 4.39 Å². The lowest BCUT2D eigenvalue weighted by atomic mass is 9.83. The molecule has 3 aromatic rings. The van der Waals surface area contributed by atoms with Crippen molar-refractivity contribution < 1.29 is 23.3 Å². The first-order chi connectivity index (χ1) is 15.1. The van der Waals surface area contributed by atoms with Crippen LogP contribution in [0.1, 0.15) is 22.6 Å². The van der Waals surface area contributed by atoms with Gasteiger partial charge in [0.25, 0.3) is 0 Å². The van der Waals surface area contributed by atoms with Gasteiger partial charge in [-0.1, -0.05) is 24.3 Å². The highest BCUT2D eigenvalue weighted by molar-refractivity contribution is 5.61. The molecule has 3 aromatic carbocycles. The predicted molar refractivity (Wildman–Crippen MR) is 109 cm³/mol. The molecule has 2 aliphatic rings. The first-order valence-electron chi connectivity index (χ1n) is 9.60. The van der Waals surface area contributed by atoms with Gasteiger partial charge < -0.3 is 24.7 Å². The maximum absolute atomic E-state index is 13.3. The van der Waals surface area contributed by atoms with Crippen molar-refractivity contribution in [3.05, 3.63) is 94.6 Å². The van der Waals surface area contributed by atoms with E-state index in [2.05, 4.69) is 6.07 Å². The van der Waals surface area contributed by atoms with E-state index in [0.717, 1.165) is 16.7 Å². The Bertz CT molecular complexity index is 1230. The number of halogens is 1. The highest BCUT2D eigenvalue weighted by Crippen LogP contribution is 2.47. The first kappa shape index (κ1) is 18.8. The molecule has 5 rings (SSSR count). The summed E-state index contributed by atoms with van der Waals surface area (Å²) < 4.78 is 35.7. The van der Waals surface area contributed by atoms with Crippen LogP contribution in [0.4, 0.5) is 4.39 Å². The average molecular weight is 416 g/mol. The lowest BCUT2D eigenvalue weighted by molar-refractivity contribution is 0.174. The fourth-order valence-electron chi connectivity index (χ4n) is 3.74. The molecule has 6 nitrogen and oxygen atoms in total. The van der Waals surface area contributed by atoms with Crippen LogP contribution in [0.15, 0.2) is 72.1 Å². The lowest BCUT2D eigenvalue weighted by Crippen LogP contribution is -2.21. The van der Waals surface area contributed by atoms with Crippen LogP contribution < -0.4 is 24.7 Å². The number of nitriles is 1. The number of hydrogen-bond donors (Lipinski definition) is 1. The molecule has 154 valence electrons. The Kier molecular flexibility index (Phi) is 4.60. The minimum Gasteiger partial charge on any atom is -0.489 e. The molecule has 0 aromatic heterocycles. The molecule has 0 radical (unpaired) electrons. The van der Waals surface area contributed by atoms with Gasteiger partial charge in [0.2, 0.25) is 12.7 Å². The molecule has 0 saturated heterocycles. The fraction of sp³-hybridized carbons (Fsp3) is 0.125. The third-order valence-electron chi connectivity index (χ3n) is 5.22. The second-order valence-electron chi connectivity index (χ2n) is 7.16. The second kappa shape index (κ2) is 7.58. The van der Waals surface area contributed by atoms with Gasteiger partial charge in [0, 0.05) is 11.6 Å². The molecule has 0 amide bonds. The van der Waals surface area contributed by atoms with Crippen LogP contribution in [-0.2, 0) is 6.61 Å². The van der Waals surface area contributed by atoms with Crippen molar-refractivity contribution in [3.63, 3.8) is 0 Å². The Hall–Kier alpha value is -4.18. The van der Waals surface area contributed by atoms with Crippen LogP contribution in [0.5, 0.6) is 23.0 Å². The Morgan fingerprint density at radius 1 is 1.03 bits per heavy atom. The summed E-state index contributed by atoms with van der Waals surface area (Å²) in [6.07, 6.45) is 0. The van der Waals surface area contributed by atoms with E-state index in [0.29, 0.717) is 28.6 Å². The molecule has 1 atom stereocenters. The molecule has 2 heterocycles. The van der Waals surface area contributed by atoms with E-state index in [9.17, 15) is 9.65 Å². The van der Waals surface area contributed by atoms with Crippen molar-refractivity contribution >= 4 is 0 Å². The topological polar surface area (TPSA) is 86.7 Å². The molecule has 0 aliphatic carbocycles. The Morgan fingerprint density at radius 3 is 2.55 bits per heavy atom. The molecule has 0 fully saturated rings. The number of ether oxygens (including phenoxy) is 4. The molecular weight excluding hydrogens is 399 g/mol. The Labute approximate surface area is 177 Å². The lowest BCUT2D eigenvalue weighted by Gasteiger charge is -2.26. The van der Waals surface area contributed by atoms with Crippen LogP contribution >= 0.6 is 0 Å². The first-order valence-corrected chi connectivity index (χ1v) is 9.60. The van der Waals surface area contributed by atoms with Gasteiger partial charge in [-0.05, 0) is 41.5 Å². The summed E-state index contributed by atoms with van der Waals surface area (Å²) in [5.41, 5.74) is 8.71. The minimum atomic E-state index is -0.416. The zero-order valence-corrected chi connectivity index (χ0v) is 16.3. The fourth-order valence-corrected chi connectivity index (χ4v) is 3.74. The Morgan fingerprint density at radius 2 is 1.81 bits per heavy atom. The van der Waals surface area contributed by atoms with E-state index < -0.39 is 5.92 Å². The highest BCUT2D eigenvalue weighted by atomic mass is 19.1. The smallest absolute Gasteiger partial charge is 0.231 e. The van der Waals surface area contributed by atoms with Crippen molar-refractivity contribution in [3.8, 4) is 29.1 Å². The Balaban J connectivity index is 1.44. The number of nitrogens with two attached hydrogens (primary N) is 1. The van der Waals surface area contributed by atoms with Crippen molar-refractivity contribution in [2.24, 2.45) is 5.73 Å². The van der Waals surface area contributed by atoms with Crippen LogP contribution in [0.3, 0.4) is 0 Å². The molecule has 7 heteroatoms. The van der Waals surface area contributed by atoms with E-state index >= 15 is 0 Å². The summed E-state index contributed by atoms with van der Waals surface area (Å²) in [7, 11) is 0. The third-order valence-corrected chi connectivity index (χ3v) is 5.22. The van der Waals surface area contributed by atoms with E-state index in [1.807, 2.05) is 30.3 Å². The van der Waals surface area contributed by atoms with Gasteiger partial charge in [-0.2, -0.15) is 5.26 Å². The summed E-state index contributed by atoms with van der Waals surface area (Å²) >= 11 is 0. The molecular formula is C24H17FN2O4. The molecule has 0 unspecified atom stereocenters. The molecule has 2 aliphatic heterocycles. The van der Waals surface area contributed by atoms with E-state index in [1.165, 1.54) is 12.1 Å². The van der Waals surface area contributed by atoms with Gasteiger partial charge in [0.1, 0.15) is 35.6 Å².